The average Bonchev–Trinajstić information content (AvgIpc) is 2.37. The fourth-order valence-electron chi connectivity index (χ4n) is 1.22. The smallest absolute Gasteiger partial charge is 0.145 e. The number of hydrogen-bond acceptors (Lipinski definition) is 3. The minimum absolute atomic E-state index is 0.00665. The van der Waals surface area contributed by atoms with Crippen LogP contribution in [0.5, 0.6) is 11.5 Å². The molecule has 3 nitrogen and oxygen atoms in total. The van der Waals surface area contributed by atoms with E-state index in [-0.39, 0.29) is 16.5 Å². The standard InChI is InChI=1S/C12H5BrClFN2O/c13-9-3-10(14)11(15)4-12(9)18-8-2-1-7(5-16)17-6-8/h1-4,6H. The van der Waals surface area contributed by atoms with Crippen LogP contribution in [-0.2, 0) is 0 Å². The molecule has 6 heteroatoms. The predicted molar refractivity (Wildman–Crippen MR) is 68.1 cm³/mol. The predicted octanol–water partition coefficient (Wildman–Crippen LogP) is 4.30. The van der Waals surface area contributed by atoms with Gasteiger partial charge >= 0.3 is 0 Å². The molecule has 0 aliphatic carbocycles. The van der Waals surface area contributed by atoms with E-state index in [1.807, 2.05) is 6.07 Å². The molecule has 90 valence electrons. The number of nitriles is 1. The summed E-state index contributed by atoms with van der Waals surface area (Å²) in [6.07, 6.45) is 1.39. The van der Waals surface area contributed by atoms with Gasteiger partial charge in [0.2, 0.25) is 0 Å². The third-order valence-electron chi connectivity index (χ3n) is 2.05. The highest BCUT2D eigenvalue weighted by atomic mass is 79.9. The maximum atomic E-state index is 13.3. The summed E-state index contributed by atoms with van der Waals surface area (Å²) in [6.45, 7) is 0. The number of rotatable bonds is 2. The Labute approximate surface area is 116 Å². The molecule has 0 spiro atoms. The highest BCUT2D eigenvalue weighted by molar-refractivity contribution is 9.10. The first-order chi connectivity index (χ1) is 8.60. The lowest BCUT2D eigenvalue weighted by Crippen LogP contribution is -1.89. The molecule has 0 N–H and O–H groups in total. The van der Waals surface area contributed by atoms with Gasteiger partial charge in [-0.1, -0.05) is 11.6 Å². The molecule has 18 heavy (non-hydrogen) atoms. The van der Waals surface area contributed by atoms with Crippen LogP contribution in [0.3, 0.4) is 0 Å². The van der Waals surface area contributed by atoms with Crippen molar-refractivity contribution < 1.29 is 9.13 Å². The van der Waals surface area contributed by atoms with E-state index in [2.05, 4.69) is 20.9 Å². The van der Waals surface area contributed by atoms with Gasteiger partial charge in [0, 0.05) is 6.07 Å². The van der Waals surface area contributed by atoms with E-state index in [0.29, 0.717) is 10.2 Å². The van der Waals surface area contributed by atoms with Gasteiger partial charge in [-0.3, -0.25) is 0 Å². The van der Waals surface area contributed by atoms with Gasteiger partial charge in [0.25, 0.3) is 0 Å². The Morgan fingerprint density at radius 2 is 2.17 bits per heavy atom. The molecule has 0 radical (unpaired) electrons. The van der Waals surface area contributed by atoms with Gasteiger partial charge in [0.1, 0.15) is 29.1 Å². The van der Waals surface area contributed by atoms with Crippen LogP contribution >= 0.6 is 27.5 Å². The third-order valence-corrected chi connectivity index (χ3v) is 2.96. The lowest BCUT2D eigenvalue weighted by molar-refractivity contribution is 0.471. The van der Waals surface area contributed by atoms with Gasteiger partial charge < -0.3 is 4.74 Å². The van der Waals surface area contributed by atoms with Gasteiger partial charge in [-0.15, -0.1) is 0 Å². The number of benzene rings is 1. The topological polar surface area (TPSA) is 45.9 Å². The fourth-order valence-corrected chi connectivity index (χ4v) is 1.94. The summed E-state index contributed by atoms with van der Waals surface area (Å²) in [5, 5.41) is 8.61. The van der Waals surface area contributed by atoms with Crippen molar-refractivity contribution in [3.63, 3.8) is 0 Å². The van der Waals surface area contributed by atoms with Crippen molar-refractivity contribution in [2.24, 2.45) is 0 Å². The molecule has 2 aromatic rings. The first-order valence-corrected chi connectivity index (χ1v) is 5.96. The molecule has 0 unspecified atom stereocenters. The van der Waals surface area contributed by atoms with E-state index >= 15 is 0 Å². The van der Waals surface area contributed by atoms with Crippen molar-refractivity contribution in [1.82, 2.24) is 4.98 Å². The van der Waals surface area contributed by atoms with Crippen LogP contribution in [0, 0.1) is 17.1 Å². The third kappa shape index (κ3) is 2.78. The van der Waals surface area contributed by atoms with Crippen LogP contribution in [0.1, 0.15) is 5.69 Å². The summed E-state index contributed by atoms with van der Waals surface area (Å²) in [7, 11) is 0. The summed E-state index contributed by atoms with van der Waals surface area (Å²) >= 11 is 8.84. The van der Waals surface area contributed by atoms with E-state index < -0.39 is 5.82 Å². The van der Waals surface area contributed by atoms with Crippen molar-refractivity contribution in [3.05, 3.63) is 51.5 Å². The Morgan fingerprint density at radius 1 is 1.39 bits per heavy atom. The molecule has 0 atom stereocenters. The van der Waals surface area contributed by atoms with Crippen LogP contribution in [0.4, 0.5) is 4.39 Å². The number of pyridine rings is 1. The summed E-state index contributed by atoms with van der Waals surface area (Å²) < 4.78 is 19.2. The molecule has 0 bridgehead atoms. The Hall–Kier alpha value is -1.64. The second-order valence-corrected chi connectivity index (χ2v) is 4.55. The van der Waals surface area contributed by atoms with Crippen molar-refractivity contribution in [3.8, 4) is 17.6 Å². The van der Waals surface area contributed by atoms with Gasteiger partial charge in [-0.05, 0) is 34.1 Å². The Balaban J connectivity index is 2.28. The van der Waals surface area contributed by atoms with Crippen LogP contribution in [-0.4, -0.2) is 4.98 Å². The molecular weight excluding hydrogens is 322 g/mol. The zero-order valence-electron chi connectivity index (χ0n) is 8.82. The normalized spacial score (nSPS) is 9.89. The second kappa shape index (κ2) is 5.34. The molecule has 1 heterocycles. The maximum Gasteiger partial charge on any atom is 0.145 e. The van der Waals surface area contributed by atoms with Crippen molar-refractivity contribution in [2.45, 2.75) is 0 Å². The molecule has 0 fully saturated rings. The monoisotopic (exact) mass is 326 g/mol. The molecule has 0 aliphatic heterocycles. The quantitative estimate of drug-likeness (QED) is 0.773. The van der Waals surface area contributed by atoms with Crippen molar-refractivity contribution >= 4 is 27.5 Å². The lowest BCUT2D eigenvalue weighted by atomic mass is 10.3. The summed E-state index contributed by atoms with van der Waals surface area (Å²) in [6, 6.07) is 7.55. The molecule has 1 aromatic heterocycles. The maximum absolute atomic E-state index is 13.3. The van der Waals surface area contributed by atoms with Crippen molar-refractivity contribution in [1.29, 1.82) is 5.26 Å². The second-order valence-electron chi connectivity index (χ2n) is 3.29. The number of halogens is 3. The molecule has 1 aromatic carbocycles. The lowest BCUT2D eigenvalue weighted by Gasteiger charge is -2.08. The van der Waals surface area contributed by atoms with Crippen molar-refractivity contribution in [2.75, 3.05) is 0 Å². The zero-order chi connectivity index (χ0) is 13.1. The zero-order valence-corrected chi connectivity index (χ0v) is 11.2. The Morgan fingerprint density at radius 3 is 2.78 bits per heavy atom. The van der Waals surface area contributed by atoms with E-state index in [1.165, 1.54) is 24.4 Å². The van der Waals surface area contributed by atoms with Gasteiger partial charge in [-0.2, -0.15) is 5.26 Å². The average molecular weight is 328 g/mol. The van der Waals surface area contributed by atoms with Gasteiger partial charge in [-0.25, -0.2) is 9.37 Å². The number of hydrogen-bond donors (Lipinski definition) is 0. The van der Waals surface area contributed by atoms with Gasteiger partial charge in [0.05, 0.1) is 15.7 Å². The Kier molecular flexibility index (Phi) is 3.80. The first kappa shape index (κ1) is 12.8. The Bertz CT molecular complexity index is 625. The van der Waals surface area contributed by atoms with Crippen LogP contribution in [0.15, 0.2) is 34.9 Å². The minimum atomic E-state index is -0.573. The van der Waals surface area contributed by atoms with E-state index in [0.717, 1.165) is 0 Å². The molecule has 2 rings (SSSR count). The molecule has 0 saturated heterocycles. The first-order valence-electron chi connectivity index (χ1n) is 4.78. The largest absolute Gasteiger partial charge is 0.454 e. The van der Waals surface area contributed by atoms with E-state index in [1.54, 1.807) is 6.07 Å². The fraction of sp³-hybridized carbons (Fsp3) is 0. The minimum Gasteiger partial charge on any atom is -0.454 e. The van der Waals surface area contributed by atoms with Crippen LogP contribution < -0.4 is 4.74 Å². The molecule has 0 saturated carbocycles. The SMILES string of the molecule is N#Cc1ccc(Oc2cc(F)c(Cl)cc2Br)cn1. The molecule has 0 amide bonds. The highest BCUT2D eigenvalue weighted by Crippen LogP contribution is 2.33. The van der Waals surface area contributed by atoms with Crippen LogP contribution in [0.2, 0.25) is 5.02 Å². The summed E-state index contributed by atoms with van der Waals surface area (Å²) in [5.74, 6) is 0.108. The number of aromatic nitrogens is 1. The van der Waals surface area contributed by atoms with Crippen LogP contribution in [0.25, 0.3) is 0 Å². The number of nitrogens with zero attached hydrogens (tertiary/aromatic N) is 2. The summed E-state index contributed by atoms with van der Waals surface area (Å²) in [5.41, 5.74) is 0.281. The highest BCUT2D eigenvalue weighted by Gasteiger charge is 2.09. The molecular formula is C12H5BrClFN2O. The van der Waals surface area contributed by atoms with E-state index in [9.17, 15) is 4.39 Å². The summed E-state index contributed by atoms with van der Waals surface area (Å²) in [4.78, 5) is 3.84. The molecule has 0 aliphatic rings. The van der Waals surface area contributed by atoms with E-state index in [4.69, 9.17) is 21.6 Å². The van der Waals surface area contributed by atoms with Gasteiger partial charge in [0.15, 0.2) is 0 Å². The number of ether oxygens (including phenoxy) is 1.